The lowest BCUT2D eigenvalue weighted by Gasteiger charge is -2.44. The molecule has 1 aromatic heterocycles. The van der Waals surface area contributed by atoms with Gasteiger partial charge in [0, 0.05) is 62.1 Å². The van der Waals surface area contributed by atoms with Crippen LogP contribution in [0.5, 0.6) is 0 Å². The summed E-state index contributed by atoms with van der Waals surface area (Å²) in [6.45, 7) is 7.32. The SMILES string of the molecule is COC(=O)C1=C(CN2CCN3C(=O)N(CC(C)(C)C(=O)O)C[C@]3(C)C2)NC(c2nccs2)=N[C@H]1c1cccc(F)c1Cl. The molecule has 2 atom stereocenters. The summed E-state index contributed by atoms with van der Waals surface area (Å²) in [5.41, 5.74) is -0.643. The van der Waals surface area contributed by atoms with Crippen LogP contribution in [0.2, 0.25) is 5.02 Å². The van der Waals surface area contributed by atoms with Crippen LogP contribution in [0.25, 0.3) is 0 Å². The highest BCUT2D eigenvalue weighted by Crippen LogP contribution is 2.38. The molecule has 2 aromatic rings. The number of aliphatic carboxylic acids is 1. The lowest BCUT2D eigenvalue weighted by atomic mass is 9.92. The number of amides is 2. The second kappa shape index (κ2) is 11.3. The lowest BCUT2D eigenvalue weighted by molar-refractivity contribution is -0.147. The van der Waals surface area contributed by atoms with Gasteiger partial charge < -0.3 is 25.0 Å². The van der Waals surface area contributed by atoms with Crippen molar-refractivity contribution < 1.29 is 28.6 Å². The van der Waals surface area contributed by atoms with E-state index in [2.05, 4.69) is 15.2 Å². The molecule has 0 saturated carbocycles. The predicted molar refractivity (Wildman–Crippen MR) is 155 cm³/mol. The van der Waals surface area contributed by atoms with Crippen molar-refractivity contribution in [1.29, 1.82) is 0 Å². The van der Waals surface area contributed by atoms with Crippen molar-refractivity contribution in [3.63, 3.8) is 0 Å². The molecule has 0 radical (unpaired) electrons. The lowest BCUT2D eigenvalue weighted by Crippen LogP contribution is -2.60. The largest absolute Gasteiger partial charge is 0.481 e. The number of esters is 1. The Morgan fingerprint density at radius 1 is 1.31 bits per heavy atom. The Hall–Kier alpha value is -3.55. The normalized spacial score (nSPS) is 23.0. The van der Waals surface area contributed by atoms with Gasteiger partial charge >= 0.3 is 18.0 Å². The highest BCUT2D eigenvalue weighted by Gasteiger charge is 2.51. The maximum absolute atomic E-state index is 14.5. The van der Waals surface area contributed by atoms with Crippen LogP contribution in [-0.2, 0) is 14.3 Å². The van der Waals surface area contributed by atoms with Gasteiger partial charge in [-0.25, -0.2) is 19.0 Å². The zero-order chi connectivity index (χ0) is 30.4. The molecule has 3 aliphatic rings. The van der Waals surface area contributed by atoms with Crippen LogP contribution >= 0.6 is 22.9 Å². The number of fused-ring (bicyclic) bond motifs is 1. The maximum Gasteiger partial charge on any atom is 0.338 e. The summed E-state index contributed by atoms with van der Waals surface area (Å²) < 4.78 is 19.7. The summed E-state index contributed by atoms with van der Waals surface area (Å²) >= 11 is 7.74. The van der Waals surface area contributed by atoms with E-state index in [4.69, 9.17) is 21.3 Å². The van der Waals surface area contributed by atoms with Crippen LogP contribution in [0.4, 0.5) is 9.18 Å². The number of hydrogen-bond donors (Lipinski definition) is 2. The number of carboxylic acids is 1. The van der Waals surface area contributed by atoms with Gasteiger partial charge in [-0.3, -0.25) is 14.7 Å². The molecular weight excluding hydrogens is 587 g/mol. The zero-order valence-corrected chi connectivity index (χ0v) is 25.3. The third-order valence-corrected chi connectivity index (χ3v) is 9.06. The number of benzene rings is 1. The molecule has 0 bridgehead atoms. The average molecular weight is 619 g/mol. The summed E-state index contributed by atoms with van der Waals surface area (Å²) in [7, 11) is 1.27. The maximum atomic E-state index is 14.5. The Morgan fingerprint density at radius 3 is 2.74 bits per heavy atom. The Kier molecular flexibility index (Phi) is 8.03. The molecule has 0 aliphatic carbocycles. The number of carbonyl (C=O) groups excluding carboxylic acids is 2. The van der Waals surface area contributed by atoms with Crippen molar-refractivity contribution in [1.82, 2.24) is 25.0 Å². The standard InChI is InChI=1S/C28H32ClFN6O5S/c1-27(2,25(38)39)13-35-15-28(3)14-34(9-10-36(28)26(35)40)12-18-19(24(37)41-4)21(16-6-5-7-17(30)20(16)29)33-22(32-18)23-31-8-11-42-23/h5-8,11,21H,9-10,12-15H2,1-4H3,(H,32,33)(H,38,39)/t21-,28-/m0/s1. The molecule has 2 fully saturated rings. The minimum Gasteiger partial charge on any atom is -0.481 e. The third kappa shape index (κ3) is 5.48. The number of thiazole rings is 1. The van der Waals surface area contributed by atoms with E-state index in [0.717, 1.165) is 0 Å². The van der Waals surface area contributed by atoms with Gasteiger partial charge in [0.25, 0.3) is 0 Å². The Labute approximate surface area is 251 Å². The molecule has 0 unspecified atom stereocenters. The zero-order valence-electron chi connectivity index (χ0n) is 23.7. The number of ether oxygens (including phenoxy) is 1. The van der Waals surface area contributed by atoms with Crippen molar-refractivity contribution >= 4 is 46.7 Å². The number of carbonyl (C=O) groups is 3. The number of aliphatic imine (C=N–C) groups is 1. The van der Waals surface area contributed by atoms with Crippen LogP contribution in [0.3, 0.4) is 0 Å². The van der Waals surface area contributed by atoms with Crippen LogP contribution in [0, 0.1) is 11.2 Å². The number of rotatable bonds is 8. The fourth-order valence-corrected chi connectivity index (χ4v) is 6.59. The second-order valence-electron chi connectivity index (χ2n) is 11.6. The first-order valence-corrected chi connectivity index (χ1v) is 14.6. The van der Waals surface area contributed by atoms with Crippen molar-refractivity contribution in [2.75, 3.05) is 46.4 Å². The van der Waals surface area contributed by atoms with Gasteiger partial charge in [0.05, 0.1) is 28.7 Å². The number of aromatic nitrogens is 1. The molecule has 5 rings (SSSR count). The van der Waals surface area contributed by atoms with E-state index in [1.54, 1.807) is 41.3 Å². The van der Waals surface area contributed by atoms with Gasteiger partial charge in [0.15, 0.2) is 10.8 Å². The number of carboxylic acid groups (broad SMARTS) is 1. The Morgan fingerprint density at radius 2 is 2.07 bits per heavy atom. The summed E-state index contributed by atoms with van der Waals surface area (Å²) in [4.78, 5) is 52.8. The molecule has 2 amide bonds. The number of nitrogens with one attached hydrogen (secondary N) is 1. The minimum atomic E-state index is -1.09. The Bertz CT molecular complexity index is 1480. The van der Waals surface area contributed by atoms with Gasteiger partial charge in [0.2, 0.25) is 0 Å². The first kappa shape index (κ1) is 29.9. The number of urea groups is 1. The van der Waals surface area contributed by atoms with Gasteiger partial charge in [-0.05, 0) is 26.8 Å². The average Bonchev–Trinajstić information content (AvgIpc) is 3.55. The number of hydrogen-bond acceptors (Lipinski definition) is 9. The molecule has 42 heavy (non-hydrogen) atoms. The minimum absolute atomic E-state index is 0.0934. The Balaban J connectivity index is 1.47. The van der Waals surface area contributed by atoms with Crippen molar-refractivity contribution in [2.45, 2.75) is 32.4 Å². The number of nitrogens with zero attached hydrogens (tertiary/aromatic N) is 5. The van der Waals surface area contributed by atoms with E-state index < -0.39 is 34.8 Å². The van der Waals surface area contributed by atoms with E-state index in [1.807, 2.05) is 6.92 Å². The molecule has 1 aromatic carbocycles. The van der Waals surface area contributed by atoms with Crippen molar-refractivity contribution in [2.24, 2.45) is 10.4 Å². The van der Waals surface area contributed by atoms with Gasteiger partial charge in [-0.15, -0.1) is 11.3 Å². The molecule has 0 spiro atoms. The molecule has 224 valence electrons. The molecule has 3 aliphatic heterocycles. The smallest absolute Gasteiger partial charge is 0.338 e. The summed E-state index contributed by atoms with van der Waals surface area (Å²) in [6.07, 6.45) is 1.64. The third-order valence-electron chi connectivity index (χ3n) is 7.88. The molecular formula is C28H32ClFN6O5S. The molecule has 14 heteroatoms. The van der Waals surface area contributed by atoms with E-state index in [1.165, 1.54) is 30.6 Å². The van der Waals surface area contributed by atoms with Crippen LogP contribution in [-0.4, -0.2) is 101 Å². The van der Waals surface area contributed by atoms with Crippen LogP contribution in [0.15, 0.2) is 46.0 Å². The quantitative estimate of drug-likeness (QED) is 0.431. The van der Waals surface area contributed by atoms with Gasteiger partial charge in [0.1, 0.15) is 11.9 Å². The number of halogens is 2. The second-order valence-corrected chi connectivity index (χ2v) is 12.8. The van der Waals surface area contributed by atoms with Gasteiger partial charge in [-0.1, -0.05) is 23.7 Å². The summed E-state index contributed by atoms with van der Waals surface area (Å²) in [6, 6.07) is 3.25. The van der Waals surface area contributed by atoms with E-state index in [0.29, 0.717) is 48.3 Å². The fourth-order valence-electron chi connectivity index (χ4n) is 5.77. The summed E-state index contributed by atoms with van der Waals surface area (Å²) in [5, 5.41) is 15.1. The molecule has 4 heterocycles. The predicted octanol–water partition coefficient (Wildman–Crippen LogP) is 3.38. The first-order valence-electron chi connectivity index (χ1n) is 13.4. The molecule has 2 saturated heterocycles. The van der Waals surface area contributed by atoms with Gasteiger partial charge in [-0.2, -0.15) is 0 Å². The molecule has 11 nitrogen and oxygen atoms in total. The van der Waals surface area contributed by atoms with Crippen LogP contribution in [0.1, 0.15) is 37.4 Å². The monoisotopic (exact) mass is 618 g/mol. The van der Waals surface area contributed by atoms with Crippen molar-refractivity contribution in [3.05, 3.63) is 62.5 Å². The van der Waals surface area contributed by atoms with E-state index in [9.17, 15) is 23.9 Å². The van der Waals surface area contributed by atoms with E-state index >= 15 is 0 Å². The number of piperazine rings is 1. The topological polar surface area (TPSA) is 128 Å². The van der Waals surface area contributed by atoms with Crippen molar-refractivity contribution in [3.8, 4) is 0 Å². The van der Waals surface area contributed by atoms with E-state index in [-0.39, 0.29) is 29.7 Å². The highest BCUT2D eigenvalue weighted by molar-refractivity contribution is 7.11. The highest BCUT2D eigenvalue weighted by atomic mass is 35.5. The van der Waals surface area contributed by atoms with Crippen LogP contribution < -0.4 is 5.32 Å². The number of methoxy groups -OCH3 is 1. The fraction of sp³-hybridized carbons (Fsp3) is 0.464. The first-order chi connectivity index (χ1) is 19.8. The molecule has 2 N–H and O–H groups in total. The summed E-state index contributed by atoms with van der Waals surface area (Å²) in [5.74, 6) is -1.81. The number of amidine groups is 1.